The lowest BCUT2D eigenvalue weighted by molar-refractivity contribution is -0.143. The lowest BCUT2D eigenvalue weighted by atomic mass is 9.95. The summed E-state index contributed by atoms with van der Waals surface area (Å²) in [6.07, 6.45) is 1.26. The van der Waals surface area contributed by atoms with E-state index in [9.17, 15) is 14.4 Å². The van der Waals surface area contributed by atoms with E-state index in [-0.39, 0.29) is 18.5 Å². The Kier molecular flexibility index (Phi) is 5.90. The number of nitrogens with zero attached hydrogens (tertiary/aromatic N) is 1. The average Bonchev–Trinajstić information content (AvgIpc) is 2.57. The number of carbonyl (C=O) groups excluding carboxylic acids is 2. The molecule has 0 radical (unpaired) electrons. The number of hydrogen-bond acceptors (Lipinski definition) is 3. The summed E-state index contributed by atoms with van der Waals surface area (Å²) >= 11 is 0. The van der Waals surface area contributed by atoms with Crippen molar-refractivity contribution in [3.63, 3.8) is 0 Å². The number of piperidine rings is 1. The van der Waals surface area contributed by atoms with Crippen LogP contribution in [0.4, 0.5) is 16.2 Å². The Morgan fingerprint density at radius 2 is 1.88 bits per heavy atom. The first-order valence-electron chi connectivity index (χ1n) is 8.79. The molecule has 1 aromatic carbocycles. The molecule has 1 aliphatic rings. The van der Waals surface area contributed by atoms with E-state index in [0.717, 1.165) is 5.56 Å². The number of anilines is 2. The number of nitrogens with one attached hydrogen (secondary N) is 2. The standard InChI is InChI=1S/C19H27N3O4/c1-12-7-8-14(20-17(25)19(2,3)4)10-15(12)21-18(26)22-9-5-6-13(11-22)16(23)24/h7-8,10,13H,5-6,9,11H2,1-4H3,(H,20,25)(H,21,26)(H,23,24). The second kappa shape index (κ2) is 7.76. The van der Waals surface area contributed by atoms with Gasteiger partial charge in [-0.1, -0.05) is 26.8 Å². The Bertz CT molecular complexity index is 709. The fraction of sp³-hybridized carbons (Fsp3) is 0.526. The summed E-state index contributed by atoms with van der Waals surface area (Å²) in [6, 6.07) is 5.01. The first-order valence-corrected chi connectivity index (χ1v) is 8.79. The smallest absolute Gasteiger partial charge is 0.321 e. The Balaban J connectivity index is 2.08. The number of benzene rings is 1. The topological polar surface area (TPSA) is 98.7 Å². The lowest BCUT2D eigenvalue weighted by Gasteiger charge is -2.31. The summed E-state index contributed by atoms with van der Waals surface area (Å²) in [7, 11) is 0. The highest BCUT2D eigenvalue weighted by Crippen LogP contribution is 2.24. The predicted molar refractivity (Wildman–Crippen MR) is 100 cm³/mol. The van der Waals surface area contributed by atoms with Crippen LogP contribution in [0.3, 0.4) is 0 Å². The molecule has 1 unspecified atom stereocenters. The van der Waals surface area contributed by atoms with E-state index in [4.69, 9.17) is 5.11 Å². The molecular weight excluding hydrogens is 334 g/mol. The van der Waals surface area contributed by atoms with Gasteiger partial charge in [-0.15, -0.1) is 0 Å². The summed E-state index contributed by atoms with van der Waals surface area (Å²) in [6.45, 7) is 8.09. The minimum Gasteiger partial charge on any atom is -0.481 e. The van der Waals surface area contributed by atoms with Gasteiger partial charge in [0.15, 0.2) is 0 Å². The number of carboxylic acids is 1. The number of carbonyl (C=O) groups is 3. The van der Waals surface area contributed by atoms with Crippen molar-refractivity contribution in [2.45, 2.75) is 40.5 Å². The molecule has 0 aromatic heterocycles. The molecule has 0 aliphatic carbocycles. The summed E-state index contributed by atoms with van der Waals surface area (Å²) in [5, 5.41) is 14.8. The third kappa shape index (κ3) is 4.97. The molecule has 0 bridgehead atoms. The number of hydrogen-bond donors (Lipinski definition) is 3. The van der Waals surface area contributed by atoms with Crippen LogP contribution in [0.15, 0.2) is 18.2 Å². The third-order valence-electron chi connectivity index (χ3n) is 4.48. The van der Waals surface area contributed by atoms with Crippen LogP contribution in [-0.2, 0) is 9.59 Å². The summed E-state index contributed by atoms with van der Waals surface area (Å²) in [5.74, 6) is -1.50. The van der Waals surface area contributed by atoms with E-state index in [1.165, 1.54) is 4.90 Å². The molecule has 3 N–H and O–H groups in total. The number of urea groups is 1. The van der Waals surface area contributed by atoms with Crippen molar-refractivity contribution in [3.8, 4) is 0 Å². The molecule has 1 fully saturated rings. The van der Waals surface area contributed by atoms with Gasteiger partial charge in [-0.2, -0.15) is 0 Å². The third-order valence-corrected chi connectivity index (χ3v) is 4.48. The Hall–Kier alpha value is -2.57. The highest BCUT2D eigenvalue weighted by Gasteiger charge is 2.28. The largest absolute Gasteiger partial charge is 0.481 e. The quantitative estimate of drug-likeness (QED) is 0.769. The van der Waals surface area contributed by atoms with Crippen molar-refractivity contribution in [1.82, 2.24) is 4.90 Å². The SMILES string of the molecule is Cc1ccc(NC(=O)C(C)(C)C)cc1NC(=O)N1CCCC(C(=O)O)C1. The van der Waals surface area contributed by atoms with Crippen molar-refractivity contribution in [3.05, 3.63) is 23.8 Å². The van der Waals surface area contributed by atoms with Gasteiger partial charge in [0.1, 0.15) is 0 Å². The van der Waals surface area contributed by atoms with Gasteiger partial charge in [-0.3, -0.25) is 9.59 Å². The summed E-state index contributed by atoms with van der Waals surface area (Å²) in [4.78, 5) is 37.3. The number of rotatable bonds is 3. The molecule has 7 nitrogen and oxygen atoms in total. The molecule has 142 valence electrons. The van der Waals surface area contributed by atoms with Gasteiger partial charge in [0.2, 0.25) is 5.91 Å². The zero-order valence-corrected chi connectivity index (χ0v) is 15.8. The van der Waals surface area contributed by atoms with Crippen molar-refractivity contribution in [2.75, 3.05) is 23.7 Å². The van der Waals surface area contributed by atoms with E-state index >= 15 is 0 Å². The molecule has 3 amide bonds. The molecule has 1 aliphatic heterocycles. The van der Waals surface area contributed by atoms with Crippen LogP contribution >= 0.6 is 0 Å². The average molecular weight is 361 g/mol. The Morgan fingerprint density at radius 1 is 1.19 bits per heavy atom. The molecular formula is C19H27N3O4. The number of amides is 3. The van der Waals surface area contributed by atoms with E-state index in [2.05, 4.69) is 10.6 Å². The van der Waals surface area contributed by atoms with Crippen LogP contribution in [-0.4, -0.2) is 41.0 Å². The van der Waals surface area contributed by atoms with Crippen LogP contribution in [0.2, 0.25) is 0 Å². The first kappa shape index (κ1) is 19.8. The number of aliphatic carboxylic acids is 1. The fourth-order valence-corrected chi connectivity index (χ4v) is 2.71. The minimum absolute atomic E-state index is 0.112. The van der Waals surface area contributed by atoms with Gasteiger partial charge in [0, 0.05) is 29.9 Å². The van der Waals surface area contributed by atoms with Crippen LogP contribution in [0.5, 0.6) is 0 Å². The van der Waals surface area contributed by atoms with Gasteiger partial charge in [0.25, 0.3) is 0 Å². The van der Waals surface area contributed by atoms with Crippen LogP contribution in [0, 0.1) is 18.3 Å². The minimum atomic E-state index is -0.870. The van der Waals surface area contributed by atoms with E-state index < -0.39 is 17.3 Å². The maximum absolute atomic E-state index is 12.5. The molecule has 1 atom stereocenters. The molecule has 7 heteroatoms. The van der Waals surface area contributed by atoms with Crippen LogP contribution in [0.1, 0.15) is 39.2 Å². The first-order chi connectivity index (χ1) is 12.1. The normalized spacial score (nSPS) is 17.5. The highest BCUT2D eigenvalue weighted by molar-refractivity contribution is 5.96. The highest BCUT2D eigenvalue weighted by atomic mass is 16.4. The van der Waals surface area contributed by atoms with Gasteiger partial charge in [0.05, 0.1) is 5.92 Å². The van der Waals surface area contributed by atoms with Gasteiger partial charge < -0.3 is 20.6 Å². The van der Waals surface area contributed by atoms with Crippen molar-refractivity contribution < 1.29 is 19.5 Å². The molecule has 2 rings (SSSR count). The molecule has 0 spiro atoms. The Morgan fingerprint density at radius 3 is 2.50 bits per heavy atom. The van der Waals surface area contributed by atoms with E-state index in [1.807, 2.05) is 33.8 Å². The number of aryl methyl sites for hydroxylation is 1. The zero-order chi connectivity index (χ0) is 19.5. The zero-order valence-electron chi connectivity index (χ0n) is 15.8. The molecule has 1 saturated heterocycles. The maximum atomic E-state index is 12.5. The second-order valence-corrected chi connectivity index (χ2v) is 7.79. The maximum Gasteiger partial charge on any atom is 0.321 e. The van der Waals surface area contributed by atoms with Gasteiger partial charge in [-0.05, 0) is 37.5 Å². The molecule has 1 heterocycles. The fourth-order valence-electron chi connectivity index (χ4n) is 2.71. The Labute approximate surface area is 153 Å². The monoisotopic (exact) mass is 361 g/mol. The van der Waals surface area contributed by atoms with Crippen molar-refractivity contribution >= 4 is 29.3 Å². The summed E-state index contributed by atoms with van der Waals surface area (Å²) in [5.41, 5.74) is 1.54. The van der Waals surface area contributed by atoms with Crippen molar-refractivity contribution in [1.29, 1.82) is 0 Å². The van der Waals surface area contributed by atoms with E-state index in [0.29, 0.717) is 30.8 Å². The number of likely N-dealkylation sites (tertiary alicyclic amines) is 1. The van der Waals surface area contributed by atoms with Crippen LogP contribution < -0.4 is 10.6 Å². The van der Waals surface area contributed by atoms with Crippen molar-refractivity contribution in [2.24, 2.45) is 11.3 Å². The second-order valence-electron chi connectivity index (χ2n) is 7.79. The molecule has 1 aromatic rings. The molecule has 26 heavy (non-hydrogen) atoms. The van der Waals surface area contributed by atoms with Gasteiger partial charge >= 0.3 is 12.0 Å². The predicted octanol–water partition coefficient (Wildman–Crippen LogP) is 3.31. The molecule has 0 saturated carbocycles. The van der Waals surface area contributed by atoms with Crippen LogP contribution in [0.25, 0.3) is 0 Å². The lowest BCUT2D eigenvalue weighted by Crippen LogP contribution is -2.44. The summed E-state index contributed by atoms with van der Waals surface area (Å²) < 4.78 is 0. The van der Waals surface area contributed by atoms with Gasteiger partial charge in [-0.25, -0.2) is 4.79 Å². The number of carboxylic acid groups (broad SMARTS) is 1. The van der Waals surface area contributed by atoms with E-state index in [1.54, 1.807) is 12.1 Å².